The van der Waals surface area contributed by atoms with Crippen LogP contribution in [0.1, 0.15) is 30.7 Å². The van der Waals surface area contributed by atoms with Crippen molar-refractivity contribution in [2.75, 3.05) is 0 Å². The number of aromatic nitrogens is 2. The Morgan fingerprint density at radius 3 is 2.68 bits per heavy atom. The minimum atomic E-state index is -0.951. The van der Waals surface area contributed by atoms with Gasteiger partial charge in [-0.2, -0.15) is 5.10 Å². The van der Waals surface area contributed by atoms with Crippen molar-refractivity contribution >= 4 is 34.8 Å². The van der Waals surface area contributed by atoms with Crippen molar-refractivity contribution in [2.24, 2.45) is 0 Å². The highest BCUT2D eigenvalue weighted by Crippen LogP contribution is 2.35. The van der Waals surface area contributed by atoms with Crippen LogP contribution in [0.3, 0.4) is 0 Å². The van der Waals surface area contributed by atoms with Gasteiger partial charge in [-0.15, -0.1) is 0 Å². The maximum absolute atomic E-state index is 10.5. The lowest BCUT2D eigenvalue weighted by Crippen LogP contribution is -2.11. The van der Waals surface area contributed by atoms with Gasteiger partial charge in [0.25, 0.3) is 0 Å². The second-order valence-corrected chi connectivity index (χ2v) is 5.34. The fraction of sp³-hybridized carbons (Fsp3) is 0.308. The van der Waals surface area contributed by atoms with Gasteiger partial charge in [-0.3, -0.25) is 4.68 Å². The van der Waals surface area contributed by atoms with E-state index in [1.54, 1.807) is 22.9 Å². The molecule has 0 spiro atoms. The highest BCUT2D eigenvalue weighted by atomic mass is 35.5. The van der Waals surface area contributed by atoms with Crippen molar-refractivity contribution in [1.29, 1.82) is 0 Å². The average Bonchev–Trinajstić information content (AvgIpc) is 2.74. The summed E-state index contributed by atoms with van der Waals surface area (Å²) in [6.07, 6.45) is 1.46. The molecule has 19 heavy (non-hydrogen) atoms. The molecule has 0 aliphatic heterocycles. The zero-order valence-electron chi connectivity index (χ0n) is 10.3. The lowest BCUT2D eigenvalue weighted by atomic mass is 10.1. The van der Waals surface area contributed by atoms with Gasteiger partial charge >= 0.3 is 0 Å². The molecule has 2 aromatic rings. The first-order valence-electron chi connectivity index (χ1n) is 5.89. The van der Waals surface area contributed by atoms with Crippen molar-refractivity contribution in [1.82, 2.24) is 9.78 Å². The summed E-state index contributed by atoms with van der Waals surface area (Å²) in [7, 11) is 0. The third-order valence-electron chi connectivity index (χ3n) is 2.80. The van der Waals surface area contributed by atoms with E-state index >= 15 is 0 Å². The Hall–Kier alpha value is -0.740. The van der Waals surface area contributed by atoms with Crippen molar-refractivity contribution in [3.05, 3.63) is 50.7 Å². The van der Waals surface area contributed by atoms with Crippen LogP contribution in [-0.4, -0.2) is 14.9 Å². The monoisotopic (exact) mass is 318 g/mol. The Morgan fingerprint density at radius 1 is 1.26 bits per heavy atom. The molecule has 2 rings (SSSR count). The second kappa shape index (κ2) is 6.14. The van der Waals surface area contributed by atoms with E-state index in [0.717, 1.165) is 6.42 Å². The van der Waals surface area contributed by atoms with Crippen molar-refractivity contribution in [2.45, 2.75) is 26.0 Å². The van der Waals surface area contributed by atoms with Gasteiger partial charge in [-0.1, -0.05) is 53.9 Å². The van der Waals surface area contributed by atoms with Gasteiger partial charge in [0, 0.05) is 12.1 Å². The fourth-order valence-corrected chi connectivity index (χ4v) is 2.57. The highest BCUT2D eigenvalue weighted by molar-refractivity contribution is 6.42. The first kappa shape index (κ1) is 14.7. The molecule has 1 aromatic heterocycles. The topological polar surface area (TPSA) is 38.0 Å². The Bertz CT molecular complexity index is 583. The van der Waals surface area contributed by atoms with Gasteiger partial charge in [0.05, 0.1) is 27.0 Å². The SMILES string of the molecule is CCCn1ncc(Cl)c1C(O)c1cccc(Cl)c1Cl. The molecule has 1 N–H and O–H groups in total. The van der Waals surface area contributed by atoms with Crippen molar-refractivity contribution < 1.29 is 5.11 Å². The molecule has 0 bridgehead atoms. The summed E-state index contributed by atoms with van der Waals surface area (Å²) in [6.45, 7) is 2.70. The van der Waals surface area contributed by atoms with Gasteiger partial charge in [0.2, 0.25) is 0 Å². The molecule has 1 unspecified atom stereocenters. The molecule has 0 radical (unpaired) electrons. The zero-order valence-corrected chi connectivity index (χ0v) is 12.5. The molecule has 0 saturated heterocycles. The van der Waals surface area contributed by atoms with E-state index in [9.17, 15) is 5.11 Å². The number of nitrogens with zero attached hydrogens (tertiary/aromatic N) is 2. The van der Waals surface area contributed by atoms with E-state index < -0.39 is 6.10 Å². The van der Waals surface area contributed by atoms with Crippen LogP contribution < -0.4 is 0 Å². The van der Waals surface area contributed by atoms with E-state index in [0.29, 0.717) is 32.9 Å². The average molecular weight is 320 g/mol. The number of halogens is 3. The van der Waals surface area contributed by atoms with Gasteiger partial charge in [-0.05, 0) is 12.5 Å². The summed E-state index contributed by atoms with van der Waals surface area (Å²) in [4.78, 5) is 0. The largest absolute Gasteiger partial charge is 0.382 e. The Morgan fingerprint density at radius 2 is 2.00 bits per heavy atom. The van der Waals surface area contributed by atoms with Crippen LogP contribution in [0.25, 0.3) is 0 Å². The Balaban J connectivity index is 2.46. The molecule has 0 fully saturated rings. The summed E-state index contributed by atoms with van der Waals surface area (Å²) >= 11 is 18.2. The summed E-state index contributed by atoms with van der Waals surface area (Å²) in [6, 6.07) is 5.13. The smallest absolute Gasteiger partial charge is 0.124 e. The molecule has 3 nitrogen and oxygen atoms in total. The molecule has 0 aliphatic carbocycles. The summed E-state index contributed by atoms with van der Waals surface area (Å²) < 4.78 is 1.68. The molecule has 1 heterocycles. The van der Waals surface area contributed by atoms with Crippen molar-refractivity contribution in [3.63, 3.8) is 0 Å². The van der Waals surface area contributed by atoms with Crippen LogP contribution in [-0.2, 0) is 6.54 Å². The molecular weight excluding hydrogens is 307 g/mol. The molecule has 0 amide bonds. The Kier molecular flexibility index (Phi) is 4.74. The molecule has 1 atom stereocenters. The predicted octanol–water partition coefficient (Wildman–Crippen LogP) is 4.34. The normalized spacial score (nSPS) is 12.7. The second-order valence-electron chi connectivity index (χ2n) is 4.15. The van der Waals surface area contributed by atoms with Crippen LogP contribution >= 0.6 is 34.8 Å². The zero-order chi connectivity index (χ0) is 14.0. The lowest BCUT2D eigenvalue weighted by Gasteiger charge is -2.16. The Labute approximate surface area is 126 Å². The van der Waals surface area contributed by atoms with Gasteiger partial charge in [-0.25, -0.2) is 0 Å². The van der Waals surface area contributed by atoms with E-state index in [2.05, 4.69) is 5.10 Å². The molecule has 0 saturated carbocycles. The third kappa shape index (κ3) is 2.90. The minimum absolute atomic E-state index is 0.331. The van der Waals surface area contributed by atoms with E-state index in [1.165, 1.54) is 6.20 Å². The summed E-state index contributed by atoms with van der Waals surface area (Å²) in [5, 5.41) is 15.8. The summed E-state index contributed by atoms with van der Waals surface area (Å²) in [5.41, 5.74) is 1.06. The molecule has 1 aromatic carbocycles. The van der Waals surface area contributed by atoms with E-state index in [4.69, 9.17) is 34.8 Å². The molecule has 102 valence electrons. The number of benzene rings is 1. The maximum Gasteiger partial charge on any atom is 0.124 e. The summed E-state index contributed by atoms with van der Waals surface area (Å²) in [5.74, 6) is 0. The molecule has 6 heteroatoms. The molecular formula is C13H13Cl3N2O. The van der Waals surface area contributed by atoms with E-state index in [1.807, 2.05) is 6.92 Å². The quantitative estimate of drug-likeness (QED) is 0.910. The number of rotatable bonds is 4. The third-order valence-corrected chi connectivity index (χ3v) is 3.93. The van der Waals surface area contributed by atoms with Crippen LogP contribution in [0.4, 0.5) is 0 Å². The van der Waals surface area contributed by atoms with Crippen LogP contribution in [0, 0.1) is 0 Å². The lowest BCUT2D eigenvalue weighted by molar-refractivity contribution is 0.207. The highest BCUT2D eigenvalue weighted by Gasteiger charge is 2.22. The predicted molar refractivity (Wildman–Crippen MR) is 78.1 cm³/mol. The van der Waals surface area contributed by atoms with Gasteiger partial charge in [0.15, 0.2) is 0 Å². The van der Waals surface area contributed by atoms with Gasteiger partial charge in [0.1, 0.15) is 6.10 Å². The number of aryl methyl sites for hydroxylation is 1. The minimum Gasteiger partial charge on any atom is -0.382 e. The van der Waals surface area contributed by atoms with E-state index in [-0.39, 0.29) is 0 Å². The molecule has 0 aliphatic rings. The van der Waals surface area contributed by atoms with Crippen molar-refractivity contribution in [3.8, 4) is 0 Å². The standard InChI is InChI=1S/C13H13Cl3N2O/c1-2-6-18-12(10(15)7-17-18)13(19)8-4-3-5-9(14)11(8)16/h3-5,7,13,19H,2,6H2,1H3. The number of aliphatic hydroxyl groups is 1. The maximum atomic E-state index is 10.5. The first-order chi connectivity index (χ1) is 9.06. The number of aliphatic hydroxyl groups excluding tert-OH is 1. The fourth-order valence-electron chi connectivity index (χ4n) is 1.91. The first-order valence-corrected chi connectivity index (χ1v) is 7.02. The number of hydrogen-bond donors (Lipinski definition) is 1. The van der Waals surface area contributed by atoms with Crippen LogP contribution in [0.5, 0.6) is 0 Å². The van der Waals surface area contributed by atoms with Gasteiger partial charge < -0.3 is 5.11 Å². The number of hydrogen-bond acceptors (Lipinski definition) is 2. The van der Waals surface area contributed by atoms with Crippen LogP contribution in [0.2, 0.25) is 15.1 Å². The van der Waals surface area contributed by atoms with Crippen LogP contribution in [0.15, 0.2) is 24.4 Å².